The number of cyclic esters (lactones) is 1. The molecule has 1 aliphatic carbocycles. The van der Waals surface area contributed by atoms with Crippen LogP contribution in [-0.4, -0.2) is 52.3 Å². The van der Waals surface area contributed by atoms with E-state index >= 15 is 0 Å². The molecule has 2 unspecified atom stereocenters. The summed E-state index contributed by atoms with van der Waals surface area (Å²) >= 11 is 0. The standard InChI is InChI=1S/C25H22N2O8/c28-3-4-32-8-11-1-2-12-20-16(6-18-23(12)35-10-34-18)26-21-14(19(11)20)7-27-17(21)5-13-15(24(27)30)9-33-25(31)22(13)29/h5-6,11,22,28-29H,1-4,7-10H2. The number of rotatable bonds is 4. The molecule has 3 aromatic rings. The molecule has 10 heteroatoms. The first-order chi connectivity index (χ1) is 17.1. The van der Waals surface area contributed by atoms with E-state index in [0.29, 0.717) is 30.3 Å². The van der Waals surface area contributed by atoms with E-state index in [4.69, 9.17) is 23.9 Å². The smallest absolute Gasteiger partial charge is 0.340 e. The molecule has 180 valence electrons. The van der Waals surface area contributed by atoms with Crippen molar-refractivity contribution in [3.05, 3.63) is 50.3 Å². The third-order valence-corrected chi connectivity index (χ3v) is 7.43. The predicted octanol–water partition coefficient (Wildman–Crippen LogP) is 1.28. The van der Waals surface area contributed by atoms with Gasteiger partial charge in [0.1, 0.15) is 6.61 Å². The molecule has 0 saturated heterocycles. The van der Waals surface area contributed by atoms with Crippen LogP contribution >= 0.6 is 0 Å². The first-order valence-corrected chi connectivity index (χ1v) is 11.6. The van der Waals surface area contributed by atoms with Gasteiger partial charge < -0.3 is 33.7 Å². The van der Waals surface area contributed by atoms with Crippen LogP contribution in [0.2, 0.25) is 0 Å². The van der Waals surface area contributed by atoms with Crippen molar-refractivity contribution in [3.63, 3.8) is 0 Å². The first kappa shape index (κ1) is 20.9. The van der Waals surface area contributed by atoms with Gasteiger partial charge in [0.05, 0.1) is 48.8 Å². The summed E-state index contributed by atoms with van der Waals surface area (Å²) in [6.07, 6.45) is 0.0866. The molecule has 0 bridgehead atoms. The molecule has 0 amide bonds. The van der Waals surface area contributed by atoms with E-state index in [2.05, 4.69) is 0 Å². The largest absolute Gasteiger partial charge is 0.458 e. The van der Waals surface area contributed by atoms with Crippen LogP contribution < -0.4 is 15.0 Å². The molecule has 3 aliphatic heterocycles. The summed E-state index contributed by atoms with van der Waals surface area (Å²) in [6, 6.07) is 3.56. The predicted molar refractivity (Wildman–Crippen MR) is 120 cm³/mol. The van der Waals surface area contributed by atoms with Gasteiger partial charge in [0, 0.05) is 34.1 Å². The maximum atomic E-state index is 13.4. The Morgan fingerprint density at radius 2 is 2.03 bits per heavy atom. The zero-order valence-corrected chi connectivity index (χ0v) is 18.7. The normalized spacial score (nSPS) is 21.0. The summed E-state index contributed by atoms with van der Waals surface area (Å²) in [7, 11) is 0. The third-order valence-electron chi connectivity index (χ3n) is 7.43. The third kappa shape index (κ3) is 2.84. The summed E-state index contributed by atoms with van der Waals surface area (Å²) in [6.45, 7) is 0.952. The van der Waals surface area contributed by atoms with Crippen LogP contribution in [0.1, 0.15) is 46.3 Å². The number of esters is 1. The SMILES string of the molecule is O=C1OCc2c(cc3n(c2=O)Cc2c-3nc3cc4c(c5c3c2C(COCCO)CC5)OCO4)C1O. The number of hydrogen-bond acceptors (Lipinski definition) is 9. The maximum Gasteiger partial charge on any atom is 0.340 e. The Hall–Kier alpha value is -3.47. The minimum atomic E-state index is -1.50. The van der Waals surface area contributed by atoms with Gasteiger partial charge in [-0.3, -0.25) is 4.79 Å². The number of nitrogens with zero attached hydrogens (tertiary/aromatic N) is 2. The fourth-order valence-corrected chi connectivity index (χ4v) is 5.89. The lowest BCUT2D eigenvalue weighted by atomic mass is 9.79. The average molecular weight is 478 g/mol. The number of aromatic nitrogens is 2. The van der Waals surface area contributed by atoms with E-state index in [1.54, 1.807) is 10.6 Å². The second kappa shape index (κ2) is 7.51. The van der Waals surface area contributed by atoms with Gasteiger partial charge >= 0.3 is 5.97 Å². The van der Waals surface area contributed by atoms with Crippen LogP contribution in [0.4, 0.5) is 0 Å². The summed E-state index contributed by atoms with van der Waals surface area (Å²) in [5.41, 5.74) is 5.27. The van der Waals surface area contributed by atoms with Gasteiger partial charge in [0.25, 0.3) is 5.56 Å². The van der Waals surface area contributed by atoms with Gasteiger partial charge in [-0.15, -0.1) is 0 Å². The second-order valence-electron chi connectivity index (χ2n) is 9.23. The number of aliphatic hydroxyl groups excluding tert-OH is 2. The summed E-state index contributed by atoms with van der Waals surface area (Å²) in [5, 5.41) is 20.6. The van der Waals surface area contributed by atoms with Crippen LogP contribution in [-0.2, 0) is 33.8 Å². The number of carbonyl (C=O) groups is 1. The Morgan fingerprint density at radius 3 is 2.89 bits per heavy atom. The number of pyridine rings is 2. The van der Waals surface area contributed by atoms with E-state index in [1.807, 2.05) is 6.07 Å². The van der Waals surface area contributed by atoms with Crippen molar-refractivity contribution < 1.29 is 34.0 Å². The number of fused-ring (bicyclic) bond motifs is 7. The minimum absolute atomic E-state index is 0.0452. The number of aryl methyl sites for hydroxylation is 1. The van der Waals surface area contributed by atoms with Gasteiger partial charge in [0.15, 0.2) is 17.6 Å². The van der Waals surface area contributed by atoms with E-state index in [-0.39, 0.29) is 49.2 Å². The number of benzene rings is 1. The lowest BCUT2D eigenvalue weighted by Crippen LogP contribution is -2.32. The van der Waals surface area contributed by atoms with Crippen molar-refractivity contribution >= 4 is 16.9 Å². The molecule has 35 heavy (non-hydrogen) atoms. The first-order valence-electron chi connectivity index (χ1n) is 11.6. The van der Waals surface area contributed by atoms with Gasteiger partial charge in [-0.25, -0.2) is 9.78 Å². The van der Waals surface area contributed by atoms with E-state index in [9.17, 15) is 19.8 Å². The van der Waals surface area contributed by atoms with Gasteiger partial charge in [-0.2, -0.15) is 0 Å². The molecule has 2 N–H and O–H groups in total. The Bertz CT molecular complexity index is 1490. The zero-order chi connectivity index (χ0) is 23.8. The number of aliphatic hydroxyl groups is 2. The van der Waals surface area contributed by atoms with Crippen LogP contribution in [0.3, 0.4) is 0 Å². The molecule has 0 spiro atoms. The van der Waals surface area contributed by atoms with Crippen LogP contribution in [0.15, 0.2) is 16.9 Å². The number of carbonyl (C=O) groups excluding carboxylic acids is 1. The van der Waals surface area contributed by atoms with Crippen LogP contribution in [0.25, 0.3) is 22.3 Å². The van der Waals surface area contributed by atoms with Crippen molar-refractivity contribution in [1.82, 2.24) is 9.55 Å². The Balaban J connectivity index is 1.49. The highest BCUT2D eigenvalue weighted by molar-refractivity contribution is 5.95. The Kier molecular flexibility index (Phi) is 4.48. The molecule has 5 heterocycles. The summed E-state index contributed by atoms with van der Waals surface area (Å²) in [5.74, 6) is 0.681. The Morgan fingerprint density at radius 1 is 1.14 bits per heavy atom. The quantitative estimate of drug-likeness (QED) is 0.329. The van der Waals surface area contributed by atoms with Gasteiger partial charge in [-0.05, 0) is 24.5 Å². The van der Waals surface area contributed by atoms with Crippen molar-refractivity contribution in [1.29, 1.82) is 0 Å². The van der Waals surface area contributed by atoms with E-state index in [0.717, 1.165) is 46.2 Å². The zero-order valence-electron chi connectivity index (χ0n) is 18.7. The van der Waals surface area contributed by atoms with Crippen molar-refractivity contribution in [3.8, 4) is 22.9 Å². The second-order valence-corrected chi connectivity index (χ2v) is 9.23. The Labute approximate surface area is 198 Å². The minimum Gasteiger partial charge on any atom is -0.458 e. The highest BCUT2D eigenvalue weighted by Gasteiger charge is 2.38. The fourth-order valence-electron chi connectivity index (χ4n) is 5.89. The topological polar surface area (TPSA) is 129 Å². The number of ether oxygens (including phenoxy) is 4. The molecular weight excluding hydrogens is 456 g/mol. The molecule has 2 atom stereocenters. The lowest BCUT2D eigenvalue weighted by molar-refractivity contribution is -0.157. The van der Waals surface area contributed by atoms with Crippen LogP contribution in [0, 0.1) is 0 Å². The molecule has 7 rings (SSSR count). The lowest BCUT2D eigenvalue weighted by Gasteiger charge is -2.28. The van der Waals surface area contributed by atoms with Crippen molar-refractivity contribution in [2.24, 2.45) is 0 Å². The average Bonchev–Trinajstić information content (AvgIpc) is 3.48. The molecule has 0 radical (unpaired) electrons. The highest BCUT2D eigenvalue weighted by Crippen LogP contribution is 2.50. The molecular formula is C25H22N2O8. The highest BCUT2D eigenvalue weighted by atomic mass is 16.7. The van der Waals surface area contributed by atoms with Gasteiger partial charge in [0.2, 0.25) is 6.79 Å². The fraction of sp³-hybridized carbons (Fsp3) is 0.400. The summed E-state index contributed by atoms with van der Waals surface area (Å²) < 4.78 is 23.9. The number of hydrogen-bond donors (Lipinski definition) is 2. The molecule has 10 nitrogen and oxygen atoms in total. The maximum absolute atomic E-state index is 13.4. The monoisotopic (exact) mass is 478 g/mol. The van der Waals surface area contributed by atoms with Crippen molar-refractivity contribution in [2.75, 3.05) is 26.6 Å². The molecule has 0 saturated carbocycles. The van der Waals surface area contributed by atoms with E-state index in [1.165, 1.54) is 0 Å². The van der Waals surface area contributed by atoms with E-state index < -0.39 is 12.1 Å². The molecule has 1 aromatic carbocycles. The summed E-state index contributed by atoms with van der Waals surface area (Å²) in [4.78, 5) is 30.3. The van der Waals surface area contributed by atoms with Crippen molar-refractivity contribution in [2.45, 2.75) is 38.0 Å². The van der Waals surface area contributed by atoms with Gasteiger partial charge in [-0.1, -0.05) is 0 Å². The molecule has 0 fully saturated rings. The molecule has 4 aliphatic rings. The van der Waals surface area contributed by atoms with Crippen LogP contribution in [0.5, 0.6) is 11.5 Å². The molecule has 2 aromatic heterocycles.